The Labute approximate surface area is 158 Å². The minimum Gasteiger partial charge on any atom is -0.330 e. The van der Waals surface area contributed by atoms with Crippen LogP contribution in [0.15, 0.2) is 0 Å². The van der Waals surface area contributed by atoms with Crippen LogP contribution in [0.2, 0.25) is 0 Å². The Hall–Kier alpha value is -0.200. The molecule has 0 aromatic carbocycles. The first kappa shape index (κ1) is 24.8. The number of likely N-dealkylation sites (N-methyl/N-ethyl adjacent to an activating group) is 1. The molecule has 0 rings (SSSR count). The van der Waals surface area contributed by atoms with Gasteiger partial charge in [-0.05, 0) is 73.0 Å². The van der Waals surface area contributed by atoms with Gasteiger partial charge in [-0.25, -0.2) is 0 Å². The lowest BCUT2D eigenvalue weighted by atomic mass is 10.0. The van der Waals surface area contributed by atoms with Gasteiger partial charge in [0.1, 0.15) is 0 Å². The molecule has 0 spiro atoms. The molecule has 0 saturated heterocycles. The number of nitrogens with two attached hydrogens (primary N) is 1. The molecule has 0 amide bonds. The van der Waals surface area contributed by atoms with E-state index in [1.165, 1.54) is 51.6 Å². The summed E-state index contributed by atoms with van der Waals surface area (Å²) >= 11 is 0. The van der Waals surface area contributed by atoms with Crippen LogP contribution in [0.4, 0.5) is 0 Å². The van der Waals surface area contributed by atoms with Crippen molar-refractivity contribution in [2.24, 2.45) is 5.73 Å². The third-order valence-corrected chi connectivity index (χ3v) is 5.10. The maximum atomic E-state index is 5.59. The highest BCUT2D eigenvalue weighted by atomic mass is 15.3. The van der Waals surface area contributed by atoms with E-state index in [1.807, 2.05) is 0 Å². The highest BCUT2D eigenvalue weighted by molar-refractivity contribution is 4.66. The molecular weight excluding hydrogens is 310 g/mol. The predicted octanol–water partition coefficient (Wildman–Crippen LogP) is 2.43. The molecule has 0 aliphatic rings. The van der Waals surface area contributed by atoms with Gasteiger partial charge < -0.3 is 16.0 Å². The molecule has 0 fully saturated rings. The van der Waals surface area contributed by atoms with Crippen molar-refractivity contribution in [1.82, 2.24) is 20.0 Å². The number of unbranched alkanes of at least 4 members (excludes halogenated alkanes) is 3. The fraction of sp³-hybridized carbons (Fsp3) is 1.00. The maximum absolute atomic E-state index is 5.59. The van der Waals surface area contributed by atoms with Crippen molar-refractivity contribution in [1.29, 1.82) is 0 Å². The van der Waals surface area contributed by atoms with Gasteiger partial charge in [-0.2, -0.15) is 0 Å². The third-order valence-electron chi connectivity index (χ3n) is 5.10. The first-order valence-corrected chi connectivity index (χ1v) is 10.5. The quantitative estimate of drug-likeness (QED) is 0.291. The van der Waals surface area contributed by atoms with Gasteiger partial charge in [-0.15, -0.1) is 0 Å². The molecule has 3 N–H and O–H groups in total. The van der Waals surface area contributed by atoms with E-state index < -0.39 is 0 Å². The van der Waals surface area contributed by atoms with E-state index in [0.717, 1.165) is 39.3 Å². The molecule has 5 heteroatoms. The molecular formula is C20H47N5. The van der Waals surface area contributed by atoms with Gasteiger partial charge in [0.25, 0.3) is 0 Å². The van der Waals surface area contributed by atoms with Crippen molar-refractivity contribution in [3.8, 4) is 0 Å². The summed E-state index contributed by atoms with van der Waals surface area (Å²) in [7, 11) is 6.43. The van der Waals surface area contributed by atoms with Crippen LogP contribution in [-0.4, -0.2) is 87.8 Å². The summed E-state index contributed by atoms with van der Waals surface area (Å²) in [6, 6.07) is 0.673. The number of hydrogen-bond acceptors (Lipinski definition) is 5. The Bertz CT molecular complexity index is 269. The molecule has 0 aromatic heterocycles. The standard InChI is InChI=1S/C20H47N5/c1-6-24(7-2)19-25(18-17-23(4)5)16-12-8-9-13-20(22-3)14-10-11-15-21/h20,22H,6-19,21H2,1-5H3. The molecule has 152 valence electrons. The number of rotatable bonds is 18. The highest BCUT2D eigenvalue weighted by Gasteiger charge is 2.10. The Kier molecular flexibility index (Phi) is 17.1. The Morgan fingerprint density at radius 2 is 1.44 bits per heavy atom. The molecule has 1 unspecified atom stereocenters. The lowest BCUT2D eigenvalue weighted by Gasteiger charge is -2.30. The molecule has 0 aromatic rings. The van der Waals surface area contributed by atoms with E-state index in [9.17, 15) is 0 Å². The first-order chi connectivity index (χ1) is 12.1. The lowest BCUT2D eigenvalue weighted by Crippen LogP contribution is -2.41. The zero-order chi connectivity index (χ0) is 18.9. The average molecular weight is 358 g/mol. The molecule has 25 heavy (non-hydrogen) atoms. The number of hydrogen-bond donors (Lipinski definition) is 2. The van der Waals surface area contributed by atoms with Crippen LogP contribution < -0.4 is 11.1 Å². The van der Waals surface area contributed by atoms with Crippen LogP contribution in [0.3, 0.4) is 0 Å². The summed E-state index contributed by atoms with van der Waals surface area (Å²) in [6.07, 6.45) is 8.97. The second-order valence-corrected chi connectivity index (χ2v) is 7.49. The molecule has 0 saturated carbocycles. The normalized spacial score (nSPS) is 13.3. The number of nitrogens with zero attached hydrogens (tertiary/aromatic N) is 3. The monoisotopic (exact) mass is 357 g/mol. The van der Waals surface area contributed by atoms with Crippen molar-refractivity contribution < 1.29 is 0 Å². The highest BCUT2D eigenvalue weighted by Crippen LogP contribution is 2.10. The summed E-state index contributed by atoms with van der Waals surface area (Å²) in [5.41, 5.74) is 5.59. The van der Waals surface area contributed by atoms with E-state index in [4.69, 9.17) is 5.73 Å². The molecule has 0 bridgehead atoms. The molecule has 0 aliphatic carbocycles. The topological polar surface area (TPSA) is 47.8 Å². The Morgan fingerprint density at radius 3 is 1.96 bits per heavy atom. The summed E-state index contributed by atoms with van der Waals surface area (Å²) < 4.78 is 0. The minimum absolute atomic E-state index is 0.673. The van der Waals surface area contributed by atoms with Gasteiger partial charge in [-0.1, -0.05) is 33.1 Å². The van der Waals surface area contributed by atoms with Gasteiger partial charge in [0.2, 0.25) is 0 Å². The van der Waals surface area contributed by atoms with Crippen LogP contribution in [0.25, 0.3) is 0 Å². The molecule has 5 nitrogen and oxygen atoms in total. The van der Waals surface area contributed by atoms with Crippen LogP contribution in [0, 0.1) is 0 Å². The van der Waals surface area contributed by atoms with Gasteiger partial charge in [0, 0.05) is 19.1 Å². The molecule has 1 atom stereocenters. The smallest absolute Gasteiger partial charge is 0.0506 e. The fourth-order valence-corrected chi connectivity index (χ4v) is 3.17. The SMILES string of the molecule is CCN(CC)CN(CCCCCC(CCCCN)NC)CCN(C)C. The van der Waals surface area contributed by atoms with E-state index in [1.54, 1.807) is 0 Å². The van der Waals surface area contributed by atoms with Crippen molar-refractivity contribution in [3.63, 3.8) is 0 Å². The van der Waals surface area contributed by atoms with Crippen LogP contribution in [0.5, 0.6) is 0 Å². The second kappa shape index (κ2) is 17.2. The first-order valence-electron chi connectivity index (χ1n) is 10.5. The van der Waals surface area contributed by atoms with Crippen molar-refractivity contribution in [3.05, 3.63) is 0 Å². The van der Waals surface area contributed by atoms with E-state index in [0.29, 0.717) is 6.04 Å². The van der Waals surface area contributed by atoms with Crippen molar-refractivity contribution >= 4 is 0 Å². The van der Waals surface area contributed by atoms with Crippen LogP contribution in [-0.2, 0) is 0 Å². The summed E-state index contributed by atoms with van der Waals surface area (Å²) in [5.74, 6) is 0. The van der Waals surface area contributed by atoms with E-state index in [-0.39, 0.29) is 0 Å². The average Bonchev–Trinajstić information content (AvgIpc) is 2.61. The maximum Gasteiger partial charge on any atom is 0.0506 e. The third kappa shape index (κ3) is 14.6. The zero-order valence-corrected chi connectivity index (χ0v) is 17.9. The zero-order valence-electron chi connectivity index (χ0n) is 17.9. The van der Waals surface area contributed by atoms with Gasteiger partial charge >= 0.3 is 0 Å². The van der Waals surface area contributed by atoms with Crippen LogP contribution >= 0.6 is 0 Å². The summed E-state index contributed by atoms with van der Waals surface area (Å²) in [6.45, 7) is 12.3. The Balaban J connectivity index is 4.01. The Morgan fingerprint density at radius 1 is 0.800 bits per heavy atom. The fourth-order valence-electron chi connectivity index (χ4n) is 3.17. The minimum atomic E-state index is 0.673. The molecule has 0 aliphatic heterocycles. The van der Waals surface area contributed by atoms with E-state index in [2.05, 4.69) is 55.0 Å². The second-order valence-electron chi connectivity index (χ2n) is 7.49. The summed E-state index contributed by atoms with van der Waals surface area (Å²) in [4.78, 5) is 7.43. The molecule has 0 heterocycles. The van der Waals surface area contributed by atoms with Crippen LogP contribution in [0.1, 0.15) is 58.8 Å². The summed E-state index contributed by atoms with van der Waals surface area (Å²) in [5, 5.41) is 3.47. The van der Waals surface area contributed by atoms with Gasteiger partial charge in [0.05, 0.1) is 6.67 Å². The van der Waals surface area contributed by atoms with E-state index >= 15 is 0 Å². The van der Waals surface area contributed by atoms with Gasteiger partial charge in [-0.3, -0.25) is 9.80 Å². The lowest BCUT2D eigenvalue weighted by molar-refractivity contribution is 0.130. The van der Waals surface area contributed by atoms with Crippen molar-refractivity contribution in [2.45, 2.75) is 64.8 Å². The number of nitrogens with one attached hydrogen (secondary N) is 1. The molecule has 0 radical (unpaired) electrons. The largest absolute Gasteiger partial charge is 0.330 e. The van der Waals surface area contributed by atoms with Gasteiger partial charge in [0.15, 0.2) is 0 Å². The predicted molar refractivity (Wildman–Crippen MR) is 112 cm³/mol. The van der Waals surface area contributed by atoms with Crippen molar-refractivity contribution in [2.75, 3.05) is 67.1 Å².